The largest absolute Gasteiger partial charge is 0.328 e. The number of aromatic nitrogens is 1. The van der Waals surface area contributed by atoms with Crippen LogP contribution < -0.4 is 11.1 Å². The summed E-state index contributed by atoms with van der Waals surface area (Å²) in [6.07, 6.45) is 2.22. The van der Waals surface area contributed by atoms with Crippen LogP contribution in [0.5, 0.6) is 0 Å². The Labute approximate surface area is 100 Å². The summed E-state index contributed by atoms with van der Waals surface area (Å²) in [7, 11) is 0. The van der Waals surface area contributed by atoms with E-state index in [2.05, 4.69) is 10.3 Å². The lowest BCUT2D eigenvalue weighted by atomic mass is 10.1. The van der Waals surface area contributed by atoms with Gasteiger partial charge in [0.05, 0.1) is 5.69 Å². The molecule has 16 heavy (non-hydrogen) atoms. The molecule has 0 aromatic carbocycles. The van der Waals surface area contributed by atoms with Crippen molar-refractivity contribution in [3.8, 4) is 0 Å². The van der Waals surface area contributed by atoms with Crippen molar-refractivity contribution in [2.75, 3.05) is 5.32 Å². The number of amides is 1. The maximum absolute atomic E-state index is 11.5. The van der Waals surface area contributed by atoms with Gasteiger partial charge >= 0.3 is 0 Å². The molecule has 0 aliphatic rings. The third kappa shape index (κ3) is 4.28. The van der Waals surface area contributed by atoms with Crippen LogP contribution in [0.1, 0.15) is 36.8 Å². The molecular weight excluding hydrogens is 222 g/mol. The maximum atomic E-state index is 11.5. The van der Waals surface area contributed by atoms with Crippen molar-refractivity contribution in [3.63, 3.8) is 0 Å². The number of aryl methyl sites for hydroxylation is 2. The average Bonchev–Trinajstić information content (AvgIpc) is 2.44. The molecule has 0 spiro atoms. The molecule has 0 saturated heterocycles. The Hall–Kier alpha value is -0.940. The molecule has 0 radical (unpaired) electrons. The molecule has 1 unspecified atom stereocenters. The first kappa shape index (κ1) is 13.1. The van der Waals surface area contributed by atoms with Gasteiger partial charge in [-0.1, -0.05) is 0 Å². The minimum atomic E-state index is 0.0226. The first-order valence-corrected chi connectivity index (χ1v) is 6.30. The Balaban J connectivity index is 2.34. The minimum absolute atomic E-state index is 0.0226. The highest BCUT2D eigenvalue weighted by molar-refractivity contribution is 7.15. The molecule has 90 valence electrons. The van der Waals surface area contributed by atoms with Crippen LogP contribution in [0.4, 0.5) is 5.13 Å². The van der Waals surface area contributed by atoms with E-state index >= 15 is 0 Å². The lowest BCUT2D eigenvalue weighted by molar-refractivity contribution is -0.116. The Kier molecular flexibility index (Phi) is 4.89. The number of nitrogens with one attached hydrogen (secondary N) is 1. The number of hydrogen-bond acceptors (Lipinski definition) is 4. The van der Waals surface area contributed by atoms with E-state index in [0.717, 1.165) is 23.4 Å². The maximum Gasteiger partial charge on any atom is 0.226 e. The van der Waals surface area contributed by atoms with Gasteiger partial charge in [-0.3, -0.25) is 4.79 Å². The zero-order valence-electron chi connectivity index (χ0n) is 10.0. The molecule has 0 aliphatic carbocycles. The summed E-state index contributed by atoms with van der Waals surface area (Å²) >= 11 is 1.51. The fourth-order valence-corrected chi connectivity index (χ4v) is 2.12. The van der Waals surface area contributed by atoms with E-state index in [9.17, 15) is 4.79 Å². The topological polar surface area (TPSA) is 68.0 Å². The predicted octanol–water partition coefficient (Wildman–Crippen LogP) is 2.22. The number of thiazole rings is 1. The molecule has 1 aromatic heterocycles. The van der Waals surface area contributed by atoms with Crippen LogP contribution in [-0.4, -0.2) is 16.9 Å². The Morgan fingerprint density at radius 3 is 2.75 bits per heavy atom. The summed E-state index contributed by atoms with van der Waals surface area (Å²) < 4.78 is 0. The molecule has 1 heterocycles. The SMILES string of the molecule is Cc1nc(NC(=O)CCCC(C)N)sc1C. The van der Waals surface area contributed by atoms with E-state index in [4.69, 9.17) is 5.73 Å². The van der Waals surface area contributed by atoms with Crippen LogP contribution in [-0.2, 0) is 4.79 Å². The van der Waals surface area contributed by atoms with Crippen LogP contribution in [0.3, 0.4) is 0 Å². The normalized spacial score (nSPS) is 12.5. The molecular formula is C11H19N3OS. The highest BCUT2D eigenvalue weighted by Crippen LogP contribution is 2.21. The van der Waals surface area contributed by atoms with E-state index in [1.807, 2.05) is 20.8 Å². The second kappa shape index (κ2) is 5.96. The van der Waals surface area contributed by atoms with Gasteiger partial charge in [0.25, 0.3) is 0 Å². The summed E-state index contributed by atoms with van der Waals surface area (Å²) in [6, 6.07) is 0.164. The number of carbonyl (C=O) groups excluding carboxylic acids is 1. The number of rotatable bonds is 5. The number of carbonyl (C=O) groups is 1. The Bertz CT molecular complexity index is 341. The molecule has 3 N–H and O–H groups in total. The second-order valence-electron chi connectivity index (χ2n) is 4.08. The first-order chi connectivity index (χ1) is 7.49. The zero-order chi connectivity index (χ0) is 12.1. The summed E-state index contributed by atoms with van der Waals surface area (Å²) in [5, 5.41) is 3.50. The van der Waals surface area contributed by atoms with Crippen molar-refractivity contribution >= 4 is 22.4 Å². The third-order valence-corrected chi connectivity index (χ3v) is 3.33. The number of nitrogens with two attached hydrogens (primary N) is 1. The predicted molar refractivity (Wildman–Crippen MR) is 67.7 cm³/mol. The van der Waals surface area contributed by atoms with Gasteiger partial charge in [-0.15, -0.1) is 11.3 Å². The van der Waals surface area contributed by atoms with E-state index in [1.165, 1.54) is 11.3 Å². The minimum Gasteiger partial charge on any atom is -0.328 e. The Morgan fingerprint density at radius 1 is 1.56 bits per heavy atom. The molecule has 0 aliphatic heterocycles. The molecule has 0 saturated carbocycles. The van der Waals surface area contributed by atoms with Gasteiger partial charge in [-0.2, -0.15) is 0 Å². The number of anilines is 1. The van der Waals surface area contributed by atoms with E-state index in [1.54, 1.807) is 0 Å². The van der Waals surface area contributed by atoms with Gasteiger partial charge in [0, 0.05) is 17.3 Å². The van der Waals surface area contributed by atoms with Gasteiger partial charge < -0.3 is 11.1 Å². The molecule has 4 nitrogen and oxygen atoms in total. The van der Waals surface area contributed by atoms with Crippen molar-refractivity contribution in [2.24, 2.45) is 5.73 Å². The summed E-state index contributed by atoms with van der Waals surface area (Å²) in [4.78, 5) is 16.9. The van der Waals surface area contributed by atoms with E-state index in [-0.39, 0.29) is 11.9 Å². The van der Waals surface area contributed by atoms with Gasteiger partial charge in [-0.05, 0) is 33.6 Å². The van der Waals surface area contributed by atoms with Crippen molar-refractivity contribution in [2.45, 2.75) is 46.1 Å². The van der Waals surface area contributed by atoms with Crippen LogP contribution in [0.15, 0.2) is 0 Å². The van der Waals surface area contributed by atoms with Gasteiger partial charge in [-0.25, -0.2) is 4.98 Å². The monoisotopic (exact) mass is 241 g/mol. The highest BCUT2D eigenvalue weighted by Gasteiger charge is 2.07. The number of nitrogens with zero attached hydrogens (tertiary/aromatic N) is 1. The van der Waals surface area contributed by atoms with Crippen molar-refractivity contribution < 1.29 is 4.79 Å². The van der Waals surface area contributed by atoms with Gasteiger partial charge in [0.2, 0.25) is 5.91 Å². The lowest BCUT2D eigenvalue weighted by Gasteiger charge is -2.04. The zero-order valence-corrected chi connectivity index (χ0v) is 10.9. The summed E-state index contributed by atoms with van der Waals surface area (Å²) in [5.74, 6) is 0.0226. The highest BCUT2D eigenvalue weighted by atomic mass is 32.1. The van der Waals surface area contributed by atoms with E-state index in [0.29, 0.717) is 11.6 Å². The summed E-state index contributed by atoms with van der Waals surface area (Å²) in [6.45, 7) is 5.89. The van der Waals surface area contributed by atoms with Crippen LogP contribution >= 0.6 is 11.3 Å². The second-order valence-corrected chi connectivity index (χ2v) is 5.28. The fourth-order valence-electron chi connectivity index (χ4n) is 1.29. The van der Waals surface area contributed by atoms with Crippen LogP contribution in [0, 0.1) is 13.8 Å². The third-order valence-electron chi connectivity index (χ3n) is 2.34. The van der Waals surface area contributed by atoms with E-state index < -0.39 is 0 Å². The first-order valence-electron chi connectivity index (χ1n) is 5.48. The molecule has 1 aromatic rings. The lowest BCUT2D eigenvalue weighted by Crippen LogP contribution is -2.16. The van der Waals surface area contributed by atoms with Gasteiger partial charge in [0.1, 0.15) is 0 Å². The smallest absolute Gasteiger partial charge is 0.226 e. The molecule has 0 fully saturated rings. The Morgan fingerprint density at radius 2 is 2.25 bits per heavy atom. The van der Waals surface area contributed by atoms with Crippen molar-refractivity contribution in [1.82, 2.24) is 4.98 Å². The quantitative estimate of drug-likeness (QED) is 0.830. The van der Waals surface area contributed by atoms with Crippen LogP contribution in [0.25, 0.3) is 0 Å². The summed E-state index contributed by atoms with van der Waals surface area (Å²) in [5.41, 5.74) is 6.59. The molecule has 5 heteroatoms. The molecule has 1 amide bonds. The van der Waals surface area contributed by atoms with Crippen molar-refractivity contribution in [3.05, 3.63) is 10.6 Å². The van der Waals surface area contributed by atoms with Gasteiger partial charge in [0.15, 0.2) is 5.13 Å². The molecule has 1 rings (SSSR count). The molecule has 1 atom stereocenters. The standard InChI is InChI=1S/C11H19N3OS/c1-7(12)5-4-6-10(15)14-11-13-8(2)9(3)16-11/h7H,4-6,12H2,1-3H3,(H,13,14,15). The van der Waals surface area contributed by atoms with Crippen LogP contribution in [0.2, 0.25) is 0 Å². The fraction of sp³-hybridized carbons (Fsp3) is 0.636. The average molecular weight is 241 g/mol. The van der Waals surface area contributed by atoms with Crippen molar-refractivity contribution in [1.29, 1.82) is 0 Å². The molecule has 0 bridgehead atoms. The number of hydrogen-bond donors (Lipinski definition) is 2.